The molecule has 0 aliphatic heterocycles. The van der Waals surface area contributed by atoms with Crippen molar-refractivity contribution >= 4 is 11.9 Å². The molecule has 0 spiro atoms. The highest BCUT2D eigenvalue weighted by molar-refractivity contribution is 5.76. The summed E-state index contributed by atoms with van der Waals surface area (Å²) in [7, 11) is 0. The van der Waals surface area contributed by atoms with E-state index in [1.807, 2.05) is 6.08 Å². The van der Waals surface area contributed by atoms with Crippen LogP contribution < -0.4 is 5.32 Å². The Morgan fingerprint density at radius 2 is 0.595 bits per heavy atom. The number of unbranched alkanes of at least 4 members (excludes halogenated alkanes) is 52. The minimum Gasteiger partial charge on any atom is -0.466 e. The van der Waals surface area contributed by atoms with Crippen molar-refractivity contribution in [3.63, 3.8) is 0 Å². The zero-order valence-corrected chi connectivity index (χ0v) is 53.4. The van der Waals surface area contributed by atoms with Crippen LogP contribution in [0.3, 0.4) is 0 Å². The van der Waals surface area contributed by atoms with E-state index in [1.54, 1.807) is 6.08 Å². The average molecular weight is 1110 g/mol. The van der Waals surface area contributed by atoms with E-state index in [9.17, 15) is 19.8 Å². The molecule has 0 aromatic heterocycles. The molecule has 0 aliphatic carbocycles. The van der Waals surface area contributed by atoms with Gasteiger partial charge in [0.2, 0.25) is 5.91 Å². The van der Waals surface area contributed by atoms with E-state index in [0.717, 1.165) is 51.4 Å². The molecule has 6 heteroatoms. The number of carbonyl (C=O) groups excluding carboxylic acids is 2. The van der Waals surface area contributed by atoms with Gasteiger partial charge in [0.15, 0.2) is 0 Å². The van der Waals surface area contributed by atoms with Gasteiger partial charge in [-0.3, -0.25) is 9.59 Å². The van der Waals surface area contributed by atoms with Crippen LogP contribution in [0, 0.1) is 0 Å². The number of hydrogen-bond donors (Lipinski definition) is 3. The molecule has 0 rings (SSSR count). The van der Waals surface area contributed by atoms with Gasteiger partial charge in [0.05, 0.1) is 25.4 Å². The standard InChI is InChI=1S/C73H139NO5/c1-3-5-7-9-11-13-15-17-19-21-22-23-24-25-26-28-31-34-37-41-45-49-53-57-61-65-71(76)70(69-75)74-72(77)66-62-58-54-50-46-42-38-35-32-29-27-30-33-36-40-44-48-52-56-60-64-68-79-73(78)67-63-59-55-51-47-43-39-20-18-16-14-12-10-8-6-4-2/h20,29,32,39,61,65,70-71,75-76H,3-19,21-28,30-31,33-38,40-60,62-64,66-69H2,1-2H3,(H,74,77)/b32-29-,39-20-,65-61+. The molecular weight excluding hydrogens is 971 g/mol. The molecule has 2 unspecified atom stereocenters. The number of aliphatic hydroxyl groups excluding tert-OH is 2. The fourth-order valence-corrected chi connectivity index (χ4v) is 11.2. The highest BCUT2D eigenvalue weighted by Crippen LogP contribution is 2.18. The van der Waals surface area contributed by atoms with Gasteiger partial charge in [0.1, 0.15) is 0 Å². The number of rotatable bonds is 67. The molecule has 2 atom stereocenters. The number of esters is 1. The Bertz CT molecular complexity index is 1280. The SMILES string of the molecule is CCCCCCCCC/C=C\CCCCCCCC(=O)OCCCCCCCCCCCC/C=C\CCCCCCCCCC(=O)NC(CO)C(O)/C=C/CCCCCCCCCCCCCCCCCCCCCCCCC. The molecule has 466 valence electrons. The maximum atomic E-state index is 12.5. The first kappa shape index (κ1) is 77.1. The van der Waals surface area contributed by atoms with Gasteiger partial charge in [-0.25, -0.2) is 0 Å². The van der Waals surface area contributed by atoms with Crippen LogP contribution in [0.5, 0.6) is 0 Å². The van der Waals surface area contributed by atoms with E-state index in [2.05, 4.69) is 43.5 Å². The quantitative estimate of drug-likeness (QED) is 0.0320. The van der Waals surface area contributed by atoms with Crippen molar-refractivity contribution in [2.75, 3.05) is 13.2 Å². The summed E-state index contributed by atoms with van der Waals surface area (Å²) in [6.45, 7) is 4.92. The summed E-state index contributed by atoms with van der Waals surface area (Å²) < 4.78 is 5.49. The zero-order chi connectivity index (χ0) is 57.1. The molecule has 0 bridgehead atoms. The second-order valence-corrected chi connectivity index (χ2v) is 24.6. The van der Waals surface area contributed by atoms with Crippen molar-refractivity contribution in [1.82, 2.24) is 5.32 Å². The molecule has 0 aromatic carbocycles. The van der Waals surface area contributed by atoms with Crippen molar-refractivity contribution in [2.24, 2.45) is 0 Å². The van der Waals surface area contributed by atoms with Crippen LogP contribution in [0.2, 0.25) is 0 Å². The van der Waals surface area contributed by atoms with Crippen LogP contribution in [-0.4, -0.2) is 47.4 Å². The van der Waals surface area contributed by atoms with Gasteiger partial charge in [-0.2, -0.15) is 0 Å². The Morgan fingerprint density at radius 1 is 0.342 bits per heavy atom. The van der Waals surface area contributed by atoms with E-state index >= 15 is 0 Å². The highest BCUT2D eigenvalue weighted by atomic mass is 16.5. The summed E-state index contributed by atoms with van der Waals surface area (Å²) in [5.74, 6) is -0.0710. The summed E-state index contributed by atoms with van der Waals surface area (Å²) in [5.41, 5.74) is 0. The first-order valence-corrected chi connectivity index (χ1v) is 35.8. The number of ether oxygens (including phenoxy) is 1. The summed E-state index contributed by atoms with van der Waals surface area (Å²) in [5, 5.41) is 23.3. The van der Waals surface area contributed by atoms with Gasteiger partial charge in [-0.1, -0.05) is 333 Å². The third-order valence-electron chi connectivity index (χ3n) is 16.6. The van der Waals surface area contributed by atoms with Crippen LogP contribution in [0.1, 0.15) is 393 Å². The molecule has 6 nitrogen and oxygen atoms in total. The molecule has 79 heavy (non-hydrogen) atoms. The van der Waals surface area contributed by atoms with E-state index in [-0.39, 0.29) is 18.5 Å². The van der Waals surface area contributed by atoms with Gasteiger partial charge in [0, 0.05) is 12.8 Å². The molecule has 0 aromatic rings. The van der Waals surface area contributed by atoms with Gasteiger partial charge in [0.25, 0.3) is 0 Å². The number of aliphatic hydroxyl groups is 2. The van der Waals surface area contributed by atoms with Crippen molar-refractivity contribution < 1.29 is 24.5 Å². The Kier molecular flexibility index (Phi) is 66.9. The normalized spacial score (nSPS) is 12.7. The predicted molar refractivity (Wildman–Crippen MR) is 347 cm³/mol. The second kappa shape index (κ2) is 68.6. The van der Waals surface area contributed by atoms with Crippen LogP contribution in [0.25, 0.3) is 0 Å². The van der Waals surface area contributed by atoms with Crippen molar-refractivity contribution in [3.05, 3.63) is 36.5 Å². The average Bonchev–Trinajstić information content (AvgIpc) is 3.45. The Hall–Kier alpha value is -1.92. The smallest absolute Gasteiger partial charge is 0.305 e. The molecular formula is C73H139NO5. The molecule has 1 amide bonds. The van der Waals surface area contributed by atoms with Crippen LogP contribution >= 0.6 is 0 Å². The number of nitrogens with one attached hydrogen (secondary N) is 1. The molecule has 0 radical (unpaired) electrons. The first-order valence-electron chi connectivity index (χ1n) is 35.8. The Labute approximate surface area is 494 Å². The fourth-order valence-electron chi connectivity index (χ4n) is 11.2. The molecule has 0 heterocycles. The van der Waals surface area contributed by atoms with E-state index in [0.29, 0.717) is 19.4 Å². The summed E-state index contributed by atoms with van der Waals surface area (Å²) in [6, 6.07) is -0.636. The van der Waals surface area contributed by atoms with Crippen molar-refractivity contribution in [3.8, 4) is 0 Å². The lowest BCUT2D eigenvalue weighted by Gasteiger charge is -2.20. The topological polar surface area (TPSA) is 95.9 Å². The zero-order valence-electron chi connectivity index (χ0n) is 53.4. The fraction of sp³-hybridized carbons (Fsp3) is 0.890. The van der Waals surface area contributed by atoms with Gasteiger partial charge in [-0.15, -0.1) is 0 Å². The van der Waals surface area contributed by atoms with Gasteiger partial charge < -0.3 is 20.3 Å². The van der Waals surface area contributed by atoms with Crippen LogP contribution in [-0.2, 0) is 14.3 Å². The number of carbonyl (C=O) groups is 2. The minimum absolute atomic E-state index is 0.000893. The number of allylic oxidation sites excluding steroid dienone is 5. The van der Waals surface area contributed by atoms with Gasteiger partial charge in [-0.05, 0) is 83.5 Å². The van der Waals surface area contributed by atoms with Gasteiger partial charge >= 0.3 is 5.97 Å². The monoisotopic (exact) mass is 1110 g/mol. The van der Waals surface area contributed by atoms with E-state index in [1.165, 1.54) is 315 Å². The Balaban J connectivity index is 3.45. The number of amides is 1. The van der Waals surface area contributed by atoms with Crippen LogP contribution in [0.15, 0.2) is 36.5 Å². The molecule has 3 N–H and O–H groups in total. The lowest BCUT2D eigenvalue weighted by molar-refractivity contribution is -0.143. The van der Waals surface area contributed by atoms with Crippen molar-refractivity contribution in [1.29, 1.82) is 0 Å². The lowest BCUT2D eigenvalue weighted by Crippen LogP contribution is -2.45. The maximum Gasteiger partial charge on any atom is 0.305 e. The van der Waals surface area contributed by atoms with Crippen LogP contribution in [0.4, 0.5) is 0 Å². The summed E-state index contributed by atoms with van der Waals surface area (Å²) >= 11 is 0. The minimum atomic E-state index is -0.852. The largest absolute Gasteiger partial charge is 0.466 e. The lowest BCUT2D eigenvalue weighted by atomic mass is 10.0. The predicted octanol–water partition coefficient (Wildman–Crippen LogP) is 23.1. The number of hydrogen-bond acceptors (Lipinski definition) is 5. The summed E-state index contributed by atoms with van der Waals surface area (Å²) in [6.07, 6.45) is 87.9. The Morgan fingerprint density at radius 3 is 0.899 bits per heavy atom. The molecule has 0 aliphatic rings. The maximum absolute atomic E-state index is 12.5. The van der Waals surface area contributed by atoms with E-state index < -0.39 is 12.1 Å². The first-order chi connectivity index (χ1) is 39.0. The second-order valence-electron chi connectivity index (χ2n) is 24.6. The van der Waals surface area contributed by atoms with E-state index in [4.69, 9.17) is 4.74 Å². The molecule has 0 saturated heterocycles. The third-order valence-corrected chi connectivity index (χ3v) is 16.6. The molecule has 0 fully saturated rings. The molecule has 0 saturated carbocycles. The summed E-state index contributed by atoms with van der Waals surface area (Å²) in [4.78, 5) is 24.6. The third kappa shape index (κ3) is 65.1. The highest BCUT2D eigenvalue weighted by Gasteiger charge is 2.18. The van der Waals surface area contributed by atoms with Crippen molar-refractivity contribution in [2.45, 2.75) is 405 Å².